The SMILES string of the molecule is C=C/C=N\c1c(C(=O)NC(C)c2nc3cccc(C#Cc4cn(C)nc4C)c3c(=O)n2-c2ccccc2)c(N)nn1C. The molecule has 11 nitrogen and oxygen atoms in total. The van der Waals surface area contributed by atoms with Crippen LogP contribution in [0.15, 0.2) is 77.2 Å². The minimum absolute atomic E-state index is 0.0254. The molecule has 1 atom stereocenters. The fourth-order valence-corrected chi connectivity index (χ4v) is 4.68. The number of hydrogen-bond donors (Lipinski definition) is 2. The minimum Gasteiger partial charge on any atom is -0.381 e. The van der Waals surface area contributed by atoms with E-state index in [-0.39, 0.29) is 22.8 Å². The zero-order valence-corrected chi connectivity index (χ0v) is 23.7. The highest BCUT2D eigenvalue weighted by Gasteiger charge is 2.25. The Morgan fingerprint density at radius 1 is 1.10 bits per heavy atom. The number of carbonyl (C=O) groups excluding carboxylic acids is 1. The first kappa shape index (κ1) is 27.8. The molecule has 0 saturated carbocycles. The maximum atomic E-state index is 14.2. The highest BCUT2D eigenvalue weighted by atomic mass is 16.2. The molecular weight excluding hydrogens is 530 g/mol. The Kier molecular flexibility index (Phi) is 7.53. The highest BCUT2D eigenvalue weighted by molar-refractivity contribution is 6.03. The van der Waals surface area contributed by atoms with Crippen molar-refractivity contribution in [2.45, 2.75) is 19.9 Å². The van der Waals surface area contributed by atoms with Crippen LogP contribution in [0.1, 0.15) is 46.0 Å². The van der Waals surface area contributed by atoms with Crippen LogP contribution in [0.5, 0.6) is 0 Å². The van der Waals surface area contributed by atoms with E-state index in [4.69, 9.17) is 10.7 Å². The van der Waals surface area contributed by atoms with Crippen LogP contribution in [0.25, 0.3) is 16.6 Å². The maximum Gasteiger partial charge on any atom is 0.267 e. The third-order valence-electron chi connectivity index (χ3n) is 6.59. The Balaban J connectivity index is 1.64. The molecular formula is C31H29N9O2. The molecule has 42 heavy (non-hydrogen) atoms. The van der Waals surface area contributed by atoms with Crippen molar-refractivity contribution in [2.75, 3.05) is 5.73 Å². The predicted octanol–water partition coefficient (Wildman–Crippen LogP) is 3.52. The number of nitrogens with one attached hydrogen (secondary N) is 1. The number of nitrogen functional groups attached to an aromatic ring is 1. The number of anilines is 1. The van der Waals surface area contributed by atoms with Gasteiger partial charge in [0.1, 0.15) is 11.4 Å². The number of benzene rings is 2. The third-order valence-corrected chi connectivity index (χ3v) is 6.59. The van der Waals surface area contributed by atoms with Crippen molar-refractivity contribution in [1.82, 2.24) is 34.4 Å². The number of amides is 1. The zero-order chi connectivity index (χ0) is 30.0. The fourth-order valence-electron chi connectivity index (χ4n) is 4.68. The lowest BCUT2D eigenvalue weighted by Gasteiger charge is -2.20. The molecule has 3 heterocycles. The van der Waals surface area contributed by atoms with Gasteiger partial charge in [-0.2, -0.15) is 10.2 Å². The molecule has 1 amide bonds. The summed E-state index contributed by atoms with van der Waals surface area (Å²) < 4.78 is 4.61. The second kappa shape index (κ2) is 11.4. The summed E-state index contributed by atoms with van der Waals surface area (Å²) in [4.78, 5) is 36.8. The number of fused-ring (bicyclic) bond motifs is 1. The molecule has 3 N–H and O–H groups in total. The molecule has 1 unspecified atom stereocenters. The summed E-state index contributed by atoms with van der Waals surface area (Å²) in [6, 6.07) is 13.8. The average Bonchev–Trinajstić information content (AvgIpc) is 3.45. The number of carbonyl (C=O) groups is 1. The number of aliphatic imine (C=N–C) groups is 1. The van der Waals surface area contributed by atoms with Gasteiger partial charge in [0.25, 0.3) is 11.5 Å². The third kappa shape index (κ3) is 5.21. The quantitative estimate of drug-likeness (QED) is 0.241. The molecule has 0 spiro atoms. The molecule has 0 bridgehead atoms. The van der Waals surface area contributed by atoms with Gasteiger partial charge < -0.3 is 11.1 Å². The zero-order valence-electron chi connectivity index (χ0n) is 23.7. The molecule has 0 aliphatic carbocycles. The molecule has 3 aromatic heterocycles. The van der Waals surface area contributed by atoms with Crippen molar-refractivity contribution in [3.05, 3.63) is 106 Å². The Morgan fingerprint density at radius 3 is 2.52 bits per heavy atom. The second-order valence-corrected chi connectivity index (χ2v) is 9.61. The van der Waals surface area contributed by atoms with Gasteiger partial charge in [-0.15, -0.1) is 0 Å². The van der Waals surface area contributed by atoms with Gasteiger partial charge in [-0.25, -0.2) is 14.7 Å². The molecule has 0 aliphatic heterocycles. The molecule has 0 fully saturated rings. The van der Waals surface area contributed by atoms with Gasteiger partial charge >= 0.3 is 0 Å². The lowest BCUT2D eigenvalue weighted by molar-refractivity contribution is 0.0939. The van der Waals surface area contributed by atoms with E-state index in [0.29, 0.717) is 28.0 Å². The number of nitrogens with two attached hydrogens (primary N) is 1. The number of nitrogens with zero attached hydrogens (tertiary/aromatic N) is 7. The van der Waals surface area contributed by atoms with E-state index in [1.165, 1.54) is 21.5 Å². The van der Waals surface area contributed by atoms with Crippen molar-refractivity contribution in [3.63, 3.8) is 0 Å². The minimum atomic E-state index is -0.710. The van der Waals surface area contributed by atoms with Crippen LogP contribution in [-0.2, 0) is 14.1 Å². The fraction of sp³-hybridized carbons (Fsp3) is 0.161. The van der Waals surface area contributed by atoms with E-state index < -0.39 is 11.9 Å². The van der Waals surface area contributed by atoms with E-state index in [1.54, 1.807) is 49.0 Å². The number of hydrogen-bond acceptors (Lipinski definition) is 7. The van der Waals surface area contributed by atoms with Crippen LogP contribution >= 0.6 is 0 Å². The van der Waals surface area contributed by atoms with Crippen LogP contribution in [0.3, 0.4) is 0 Å². The van der Waals surface area contributed by atoms with Gasteiger partial charge in [-0.1, -0.05) is 48.8 Å². The molecule has 5 aromatic rings. The summed E-state index contributed by atoms with van der Waals surface area (Å²) >= 11 is 0. The smallest absolute Gasteiger partial charge is 0.267 e. The van der Waals surface area contributed by atoms with Crippen LogP contribution < -0.4 is 16.6 Å². The van der Waals surface area contributed by atoms with E-state index in [0.717, 1.165) is 11.3 Å². The number of aromatic nitrogens is 6. The summed E-state index contributed by atoms with van der Waals surface area (Å²) in [5, 5.41) is 11.8. The van der Waals surface area contributed by atoms with Gasteiger partial charge in [0, 0.05) is 32.1 Å². The number of aryl methyl sites for hydroxylation is 3. The van der Waals surface area contributed by atoms with Crippen LogP contribution in [0.2, 0.25) is 0 Å². The van der Waals surface area contributed by atoms with Crippen molar-refractivity contribution >= 4 is 34.7 Å². The molecule has 2 aromatic carbocycles. The van der Waals surface area contributed by atoms with E-state index in [9.17, 15) is 9.59 Å². The van der Waals surface area contributed by atoms with Crippen LogP contribution in [0.4, 0.5) is 11.6 Å². The number of para-hydroxylation sites is 1. The van der Waals surface area contributed by atoms with Gasteiger partial charge in [0.15, 0.2) is 11.6 Å². The van der Waals surface area contributed by atoms with Gasteiger partial charge in [-0.3, -0.25) is 18.8 Å². The summed E-state index contributed by atoms with van der Waals surface area (Å²) in [6.07, 6.45) is 4.77. The average molecular weight is 560 g/mol. The van der Waals surface area contributed by atoms with Gasteiger partial charge in [0.2, 0.25) is 0 Å². The lowest BCUT2D eigenvalue weighted by Crippen LogP contribution is -2.33. The maximum absolute atomic E-state index is 14.2. The molecule has 210 valence electrons. The first-order chi connectivity index (χ1) is 20.2. The standard InChI is InChI=1S/C31H29N9O2/c1-6-17-33-29-26(27(32)37-39(29)5)30(41)34-20(3)28-35-24-14-10-11-21(15-16-22-18-38(4)36-19(22)2)25(24)31(42)40(28)23-12-8-7-9-13-23/h6-14,17-18,20H,1H2,2-5H3,(H2,32,37)(H,34,41)/b33-17-. The summed E-state index contributed by atoms with van der Waals surface area (Å²) in [5.74, 6) is 6.40. The van der Waals surface area contributed by atoms with E-state index in [1.807, 2.05) is 38.4 Å². The predicted molar refractivity (Wildman–Crippen MR) is 163 cm³/mol. The van der Waals surface area contributed by atoms with Crippen molar-refractivity contribution in [2.24, 2.45) is 19.1 Å². The normalized spacial score (nSPS) is 11.8. The summed E-state index contributed by atoms with van der Waals surface area (Å²) in [7, 11) is 3.47. The number of allylic oxidation sites excluding steroid dienone is 1. The van der Waals surface area contributed by atoms with Crippen LogP contribution in [0, 0.1) is 18.8 Å². The van der Waals surface area contributed by atoms with E-state index >= 15 is 0 Å². The highest BCUT2D eigenvalue weighted by Crippen LogP contribution is 2.26. The van der Waals surface area contributed by atoms with Crippen molar-refractivity contribution in [1.29, 1.82) is 0 Å². The second-order valence-electron chi connectivity index (χ2n) is 9.61. The monoisotopic (exact) mass is 559 g/mol. The molecule has 5 rings (SSSR count). The Morgan fingerprint density at radius 2 is 1.83 bits per heavy atom. The molecule has 0 aliphatic rings. The molecule has 11 heteroatoms. The van der Waals surface area contributed by atoms with Crippen molar-refractivity contribution < 1.29 is 4.79 Å². The first-order valence-corrected chi connectivity index (χ1v) is 13.1. The summed E-state index contributed by atoms with van der Waals surface area (Å²) in [5.41, 5.74) is 9.01. The van der Waals surface area contributed by atoms with Crippen molar-refractivity contribution in [3.8, 4) is 17.5 Å². The number of rotatable bonds is 6. The van der Waals surface area contributed by atoms with Crippen LogP contribution in [-0.4, -0.2) is 41.2 Å². The van der Waals surface area contributed by atoms with Gasteiger partial charge in [-0.05, 0) is 38.1 Å². The Bertz CT molecular complexity index is 1990. The molecule has 0 radical (unpaired) electrons. The largest absolute Gasteiger partial charge is 0.381 e. The van der Waals surface area contributed by atoms with Gasteiger partial charge in [0.05, 0.1) is 33.9 Å². The van der Waals surface area contributed by atoms with E-state index in [2.05, 4.69) is 38.9 Å². The summed E-state index contributed by atoms with van der Waals surface area (Å²) in [6.45, 7) is 7.25. The Labute approximate surface area is 242 Å². The lowest BCUT2D eigenvalue weighted by atomic mass is 10.1. The topological polar surface area (TPSA) is 138 Å². The first-order valence-electron chi connectivity index (χ1n) is 13.1. The Hall–Kier alpha value is -5.76. The molecule has 0 saturated heterocycles.